The van der Waals surface area contributed by atoms with Crippen molar-refractivity contribution in [2.75, 3.05) is 33.8 Å². The Morgan fingerprint density at radius 3 is 1.73 bits per heavy atom. The van der Waals surface area contributed by atoms with E-state index in [0.717, 1.165) is 16.9 Å². The van der Waals surface area contributed by atoms with E-state index in [9.17, 15) is 9.59 Å². The van der Waals surface area contributed by atoms with Gasteiger partial charge in [-0.15, -0.1) is 0 Å². The van der Waals surface area contributed by atoms with Crippen LogP contribution >= 0.6 is 0 Å². The summed E-state index contributed by atoms with van der Waals surface area (Å²) in [5.41, 5.74) is 4.68. The maximum Gasteiger partial charge on any atom is 0.338 e. The van der Waals surface area contributed by atoms with Gasteiger partial charge in [-0.3, -0.25) is 4.79 Å². The number of carbonyl (C=O) groups excluding carboxylic acids is 2. The van der Waals surface area contributed by atoms with E-state index < -0.39 is 18.0 Å². The van der Waals surface area contributed by atoms with Gasteiger partial charge in [-0.25, -0.2) is 14.8 Å². The molecule has 0 fully saturated rings. The summed E-state index contributed by atoms with van der Waals surface area (Å²) in [6.07, 6.45) is -1.09. The highest BCUT2D eigenvalue weighted by molar-refractivity contribution is 5.99. The molecular formula is C34H31N3O7. The van der Waals surface area contributed by atoms with Crippen LogP contribution in [0, 0.1) is 0 Å². The summed E-state index contributed by atoms with van der Waals surface area (Å²) in [5, 5.41) is 2.73. The summed E-state index contributed by atoms with van der Waals surface area (Å²) in [6.45, 7) is 1.49. The fourth-order valence-electron chi connectivity index (χ4n) is 4.50. The summed E-state index contributed by atoms with van der Waals surface area (Å²) >= 11 is 0. The molecule has 1 unspecified atom stereocenters. The van der Waals surface area contributed by atoms with Crippen LogP contribution in [0.2, 0.25) is 0 Å². The number of hydrogen-bond donors (Lipinski definition) is 1. The van der Waals surface area contributed by atoms with Crippen LogP contribution in [0.5, 0.6) is 23.0 Å². The number of methoxy groups -OCH3 is 4. The number of ether oxygens (including phenoxy) is 5. The summed E-state index contributed by atoms with van der Waals surface area (Å²) in [4.78, 5) is 35.8. The summed E-state index contributed by atoms with van der Waals surface area (Å²) in [6, 6.07) is 24.9. The average Bonchev–Trinajstić information content (AvgIpc) is 3.07. The fourth-order valence-corrected chi connectivity index (χ4v) is 4.50. The van der Waals surface area contributed by atoms with Crippen molar-refractivity contribution >= 4 is 28.6 Å². The predicted molar refractivity (Wildman–Crippen MR) is 167 cm³/mol. The molecule has 0 saturated heterocycles. The van der Waals surface area contributed by atoms with Gasteiger partial charge < -0.3 is 29.0 Å². The van der Waals surface area contributed by atoms with Crippen LogP contribution in [0.1, 0.15) is 17.3 Å². The molecule has 1 atom stereocenters. The minimum absolute atomic E-state index is 0.228. The first-order chi connectivity index (χ1) is 21.3. The first-order valence-corrected chi connectivity index (χ1v) is 13.7. The van der Waals surface area contributed by atoms with Gasteiger partial charge in [-0.1, -0.05) is 0 Å². The normalized spacial score (nSPS) is 11.4. The Bertz CT molecular complexity index is 1810. The third-order valence-corrected chi connectivity index (χ3v) is 6.95. The molecule has 0 aliphatic rings. The molecule has 1 N–H and O–H groups in total. The standard InChI is InChI=1S/C34H31N3O7/c1-20(33(38)37-28-17-15-26(42-4)19-30(28)43-5)44-34(39)23-10-16-27-29(18-23)36-32(22-8-13-25(41-3)14-9-22)31(35-27)21-6-11-24(40-2)12-7-21/h6-20H,1-5H3,(H,37,38). The van der Waals surface area contributed by atoms with Gasteiger partial charge >= 0.3 is 5.97 Å². The zero-order chi connectivity index (χ0) is 31.2. The van der Waals surface area contributed by atoms with E-state index >= 15 is 0 Å². The van der Waals surface area contributed by atoms with Crippen molar-refractivity contribution < 1.29 is 33.3 Å². The van der Waals surface area contributed by atoms with Gasteiger partial charge in [0.25, 0.3) is 5.91 Å². The van der Waals surface area contributed by atoms with Crippen LogP contribution in [0.3, 0.4) is 0 Å². The van der Waals surface area contributed by atoms with Crippen LogP contribution < -0.4 is 24.3 Å². The average molecular weight is 594 g/mol. The van der Waals surface area contributed by atoms with Gasteiger partial charge in [0.05, 0.1) is 62.1 Å². The molecule has 10 nitrogen and oxygen atoms in total. The highest BCUT2D eigenvalue weighted by Gasteiger charge is 2.22. The van der Waals surface area contributed by atoms with E-state index in [1.165, 1.54) is 21.1 Å². The van der Waals surface area contributed by atoms with Crippen molar-refractivity contribution in [3.63, 3.8) is 0 Å². The van der Waals surface area contributed by atoms with Crippen molar-refractivity contribution in [1.29, 1.82) is 0 Å². The number of rotatable bonds is 10. The molecule has 4 aromatic carbocycles. The molecule has 224 valence electrons. The van der Waals surface area contributed by atoms with E-state index in [0.29, 0.717) is 45.4 Å². The van der Waals surface area contributed by atoms with E-state index in [1.54, 1.807) is 50.6 Å². The summed E-state index contributed by atoms with van der Waals surface area (Å²) < 4.78 is 26.7. The lowest BCUT2D eigenvalue weighted by molar-refractivity contribution is -0.123. The van der Waals surface area contributed by atoms with Crippen molar-refractivity contribution in [3.05, 3.63) is 90.5 Å². The third-order valence-electron chi connectivity index (χ3n) is 6.95. The monoisotopic (exact) mass is 593 g/mol. The fraction of sp³-hybridized carbons (Fsp3) is 0.176. The van der Waals surface area contributed by atoms with Crippen molar-refractivity contribution in [2.45, 2.75) is 13.0 Å². The van der Waals surface area contributed by atoms with Gasteiger partial charge in [0, 0.05) is 17.2 Å². The Kier molecular flexibility index (Phi) is 8.90. The van der Waals surface area contributed by atoms with E-state index in [2.05, 4.69) is 5.32 Å². The minimum atomic E-state index is -1.09. The molecule has 5 rings (SSSR count). The Balaban J connectivity index is 1.42. The zero-order valence-corrected chi connectivity index (χ0v) is 24.9. The van der Waals surface area contributed by atoms with E-state index in [4.69, 9.17) is 33.7 Å². The quantitative estimate of drug-likeness (QED) is 0.189. The molecule has 44 heavy (non-hydrogen) atoms. The smallest absolute Gasteiger partial charge is 0.338 e. The molecule has 0 saturated carbocycles. The molecule has 0 radical (unpaired) electrons. The predicted octanol–water partition coefficient (Wildman–Crippen LogP) is 6.18. The van der Waals surface area contributed by atoms with Crippen LogP contribution in [0.25, 0.3) is 33.5 Å². The number of carbonyl (C=O) groups is 2. The second-order valence-electron chi connectivity index (χ2n) is 9.68. The minimum Gasteiger partial charge on any atom is -0.497 e. The molecule has 0 aliphatic carbocycles. The second kappa shape index (κ2) is 13.1. The van der Waals surface area contributed by atoms with E-state index in [-0.39, 0.29) is 5.56 Å². The Morgan fingerprint density at radius 1 is 0.636 bits per heavy atom. The largest absolute Gasteiger partial charge is 0.497 e. The maximum atomic E-state index is 13.1. The van der Waals surface area contributed by atoms with Gasteiger partial charge in [-0.05, 0) is 85.8 Å². The Hall–Kier alpha value is -5.64. The molecule has 5 aromatic rings. The number of fused-ring (bicyclic) bond motifs is 1. The van der Waals surface area contributed by atoms with Gasteiger partial charge in [-0.2, -0.15) is 0 Å². The van der Waals surface area contributed by atoms with Crippen LogP contribution in [0.4, 0.5) is 5.69 Å². The van der Waals surface area contributed by atoms with Gasteiger partial charge in [0.15, 0.2) is 6.10 Å². The number of esters is 1. The van der Waals surface area contributed by atoms with Crippen LogP contribution in [-0.4, -0.2) is 56.4 Å². The summed E-state index contributed by atoms with van der Waals surface area (Å²) in [5.74, 6) is 1.22. The number of nitrogens with zero attached hydrogens (tertiary/aromatic N) is 2. The highest BCUT2D eigenvalue weighted by atomic mass is 16.5. The lowest BCUT2D eigenvalue weighted by Gasteiger charge is -2.16. The van der Waals surface area contributed by atoms with Crippen molar-refractivity contribution in [1.82, 2.24) is 9.97 Å². The lowest BCUT2D eigenvalue weighted by Crippen LogP contribution is -2.30. The lowest BCUT2D eigenvalue weighted by atomic mass is 10.0. The first-order valence-electron chi connectivity index (χ1n) is 13.7. The zero-order valence-electron chi connectivity index (χ0n) is 24.9. The molecule has 1 heterocycles. The number of nitrogens with one attached hydrogen (secondary N) is 1. The maximum absolute atomic E-state index is 13.1. The van der Waals surface area contributed by atoms with Crippen LogP contribution in [0.15, 0.2) is 84.9 Å². The van der Waals surface area contributed by atoms with E-state index in [1.807, 2.05) is 48.5 Å². The molecule has 0 bridgehead atoms. The molecule has 1 aromatic heterocycles. The number of amides is 1. The Morgan fingerprint density at radius 2 is 1.18 bits per heavy atom. The van der Waals surface area contributed by atoms with Gasteiger partial charge in [0.2, 0.25) is 0 Å². The molecule has 1 amide bonds. The SMILES string of the molecule is COc1ccc(-c2nc3ccc(C(=O)OC(C)C(=O)Nc4ccc(OC)cc4OC)cc3nc2-c2ccc(OC)cc2)cc1. The molecular weight excluding hydrogens is 562 g/mol. The third kappa shape index (κ3) is 6.39. The second-order valence-corrected chi connectivity index (χ2v) is 9.68. The first kappa shape index (κ1) is 29.8. The number of hydrogen-bond acceptors (Lipinski definition) is 9. The Labute approximate surface area is 254 Å². The van der Waals surface area contributed by atoms with Gasteiger partial charge in [0.1, 0.15) is 23.0 Å². The number of benzene rings is 4. The summed E-state index contributed by atoms with van der Waals surface area (Å²) in [7, 11) is 6.24. The van der Waals surface area contributed by atoms with Crippen molar-refractivity contribution in [3.8, 4) is 45.5 Å². The highest BCUT2D eigenvalue weighted by Crippen LogP contribution is 2.33. The topological polar surface area (TPSA) is 118 Å². The number of aromatic nitrogens is 2. The number of anilines is 1. The van der Waals surface area contributed by atoms with Crippen LogP contribution in [-0.2, 0) is 9.53 Å². The van der Waals surface area contributed by atoms with Crippen molar-refractivity contribution in [2.24, 2.45) is 0 Å². The molecule has 0 aliphatic heterocycles. The molecule has 10 heteroatoms. The molecule has 0 spiro atoms.